The Morgan fingerprint density at radius 1 is 0.955 bits per heavy atom. The van der Waals surface area contributed by atoms with Crippen molar-refractivity contribution in [3.05, 3.63) is 45.1 Å². The Balaban J connectivity index is 1.90. The minimum Gasteiger partial charge on any atom is -0.299 e. The molecule has 1 fully saturated rings. The molecular formula is C17H13Cl2NO2. The molecule has 112 valence electrons. The minimum atomic E-state index is -0.307. The fourth-order valence-electron chi connectivity index (χ4n) is 3.79. The molecule has 1 aliphatic heterocycles. The lowest BCUT2D eigenvalue weighted by atomic mass is 9.76. The van der Waals surface area contributed by atoms with Gasteiger partial charge in [-0.25, -0.2) is 0 Å². The second kappa shape index (κ2) is 5.04. The molecule has 0 amide bonds. The van der Waals surface area contributed by atoms with Crippen LogP contribution in [0.15, 0.2) is 34.5 Å². The Morgan fingerprint density at radius 2 is 1.77 bits per heavy atom. The molecule has 2 atom stereocenters. The third kappa shape index (κ3) is 1.99. The molecule has 22 heavy (non-hydrogen) atoms. The van der Waals surface area contributed by atoms with Gasteiger partial charge in [-0.3, -0.25) is 14.6 Å². The van der Waals surface area contributed by atoms with Crippen molar-refractivity contribution in [3.63, 3.8) is 0 Å². The van der Waals surface area contributed by atoms with Gasteiger partial charge in [-0.2, -0.15) is 0 Å². The van der Waals surface area contributed by atoms with E-state index in [1.54, 1.807) is 12.1 Å². The van der Waals surface area contributed by atoms with Crippen molar-refractivity contribution < 1.29 is 9.59 Å². The van der Waals surface area contributed by atoms with E-state index in [1.165, 1.54) is 0 Å². The van der Waals surface area contributed by atoms with Crippen LogP contribution < -0.4 is 0 Å². The predicted molar refractivity (Wildman–Crippen MR) is 85.6 cm³/mol. The molecule has 3 aliphatic rings. The van der Waals surface area contributed by atoms with E-state index < -0.39 is 0 Å². The normalized spacial score (nSPS) is 27.1. The maximum absolute atomic E-state index is 12.4. The number of carbonyl (C=O) groups is 2. The lowest BCUT2D eigenvalue weighted by molar-refractivity contribution is -0.120. The summed E-state index contributed by atoms with van der Waals surface area (Å²) in [6, 6.07) is 5.37. The number of fused-ring (bicyclic) bond motifs is 1. The van der Waals surface area contributed by atoms with E-state index in [0.29, 0.717) is 41.3 Å². The summed E-state index contributed by atoms with van der Waals surface area (Å²) in [5, 5.41) is 0.918. The van der Waals surface area contributed by atoms with Crippen LogP contribution in [0.5, 0.6) is 0 Å². The molecule has 0 radical (unpaired) electrons. The second-order valence-electron chi connectivity index (χ2n) is 5.98. The van der Waals surface area contributed by atoms with E-state index in [9.17, 15) is 9.59 Å². The Kier molecular flexibility index (Phi) is 3.24. The number of Topliss-reactive ketones (excluding diaryl/α,β-unsaturated/α-hetero) is 2. The highest BCUT2D eigenvalue weighted by Gasteiger charge is 2.46. The van der Waals surface area contributed by atoms with E-state index in [2.05, 4.69) is 4.99 Å². The molecule has 2 unspecified atom stereocenters. The third-order valence-corrected chi connectivity index (χ3v) is 5.50. The summed E-state index contributed by atoms with van der Waals surface area (Å²) in [4.78, 5) is 29.3. The summed E-state index contributed by atoms with van der Waals surface area (Å²) >= 11 is 12.1. The zero-order valence-electron chi connectivity index (χ0n) is 11.7. The van der Waals surface area contributed by atoms with E-state index in [0.717, 1.165) is 17.0 Å². The molecule has 0 saturated heterocycles. The molecule has 4 rings (SSSR count). The van der Waals surface area contributed by atoms with Crippen LogP contribution in [0.4, 0.5) is 0 Å². The van der Waals surface area contributed by atoms with E-state index in [-0.39, 0.29) is 23.4 Å². The summed E-state index contributed by atoms with van der Waals surface area (Å²) in [5.74, 6) is -0.282. The smallest absolute Gasteiger partial charge is 0.161 e. The lowest BCUT2D eigenvalue weighted by Crippen LogP contribution is -2.29. The molecule has 0 bridgehead atoms. The zero-order chi connectivity index (χ0) is 15.4. The van der Waals surface area contributed by atoms with Crippen LogP contribution in [-0.2, 0) is 9.59 Å². The molecule has 2 aliphatic carbocycles. The Morgan fingerprint density at radius 3 is 2.55 bits per heavy atom. The van der Waals surface area contributed by atoms with Gasteiger partial charge in [0.1, 0.15) is 5.78 Å². The number of halogens is 2. The monoisotopic (exact) mass is 333 g/mol. The number of carbonyl (C=O) groups excluding carboxylic acids is 2. The third-order valence-electron chi connectivity index (χ3n) is 4.76. The average molecular weight is 334 g/mol. The summed E-state index contributed by atoms with van der Waals surface area (Å²) in [6.45, 7) is 0. The molecule has 1 aromatic rings. The van der Waals surface area contributed by atoms with Gasteiger partial charge in [0.25, 0.3) is 0 Å². The Bertz CT molecular complexity index is 779. The van der Waals surface area contributed by atoms with Crippen LogP contribution in [-0.4, -0.2) is 17.3 Å². The highest BCUT2D eigenvalue weighted by Crippen LogP contribution is 2.48. The fourth-order valence-corrected chi connectivity index (χ4v) is 4.09. The molecule has 0 spiro atoms. The largest absolute Gasteiger partial charge is 0.299 e. The van der Waals surface area contributed by atoms with Crippen molar-refractivity contribution >= 4 is 40.5 Å². The molecule has 1 saturated carbocycles. The van der Waals surface area contributed by atoms with Crippen molar-refractivity contribution in [3.8, 4) is 0 Å². The number of ketones is 2. The predicted octanol–water partition coefficient (Wildman–Crippen LogP) is 4.13. The zero-order valence-corrected chi connectivity index (χ0v) is 13.2. The average Bonchev–Trinajstić information content (AvgIpc) is 3.05. The number of benzene rings is 1. The fraction of sp³-hybridized carbons (Fsp3) is 0.353. The van der Waals surface area contributed by atoms with Gasteiger partial charge in [0.15, 0.2) is 5.78 Å². The van der Waals surface area contributed by atoms with Gasteiger partial charge in [-0.1, -0.05) is 29.3 Å². The maximum Gasteiger partial charge on any atom is 0.161 e. The first-order valence-electron chi connectivity index (χ1n) is 7.37. The Labute approximate surface area is 138 Å². The maximum atomic E-state index is 12.4. The molecule has 3 nitrogen and oxygen atoms in total. The van der Waals surface area contributed by atoms with Crippen molar-refractivity contribution in [2.75, 3.05) is 0 Å². The number of nitrogens with zero attached hydrogens (tertiary/aromatic N) is 1. The van der Waals surface area contributed by atoms with Gasteiger partial charge in [0.05, 0.1) is 16.0 Å². The second-order valence-corrected chi connectivity index (χ2v) is 6.80. The first-order chi connectivity index (χ1) is 10.6. The van der Waals surface area contributed by atoms with E-state index in [1.807, 2.05) is 6.07 Å². The number of rotatable bonds is 1. The van der Waals surface area contributed by atoms with Crippen molar-refractivity contribution in [2.45, 2.75) is 31.6 Å². The van der Waals surface area contributed by atoms with Crippen molar-refractivity contribution in [2.24, 2.45) is 10.9 Å². The number of allylic oxidation sites excluding steroid dienone is 2. The standard InChI is InChI=1S/C17H13Cl2NO2/c18-9-2-1-8(7-10(9)19)15-16-11(3-5-13(16)21)20-12-4-6-14(22)17(12)15/h1-2,7,15-16H,3-6H2. The quantitative estimate of drug-likeness (QED) is 0.775. The summed E-state index contributed by atoms with van der Waals surface area (Å²) in [6.07, 6.45) is 2.37. The summed E-state index contributed by atoms with van der Waals surface area (Å²) < 4.78 is 0. The van der Waals surface area contributed by atoms with Gasteiger partial charge in [-0.15, -0.1) is 0 Å². The van der Waals surface area contributed by atoms with Crippen molar-refractivity contribution in [1.82, 2.24) is 0 Å². The highest BCUT2D eigenvalue weighted by molar-refractivity contribution is 6.42. The van der Waals surface area contributed by atoms with Gasteiger partial charge >= 0.3 is 0 Å². The highest BCUT2D eigenvalue weighted by atomic mass is 35.5. The molecule has 1 aromatic carbocycles. The van der Waals surface area contributed by atoms with Crippen LogP contribution in [0.25, 0.3) is 0 Å². The SMILES string of the molecule is O=C1CCC2=C1C(c1ccc(Cl)c(Cl)c1)C1C(=O)CCC1=N2. The van der Waals surface area contributed by atoms with Crippen LogP contribution in [0, 0.1) is 5.92 Å². The minimum absolute atomic E-state index is 0.105. The van der Waals surface area contributed by atoms with Gasteiger partial charge in [0, 0.05) is 35.7 Å². The first kappa shape index (κ1) is 14.2. The van der Waals surface area contributed by atoms with Crippen LogP contribution in [0.3, 0.4) is 0 Å². The molecule has 0 N–H and O–H groups in total. The summed E-state index contributed by atoms with van der Waals surface area (Å²) in [7, 11) is 0. The van der Waals surface area contributed by atoms with Crippen LogP contribution in [0.2, 0.25) is 10.0 Å². The topological polar surface area (TPSA) is 46.5 Å². The van der Waals surface area contributed by atoms with Crippen molar-refractivity contribution in [1.29, 1.82) is 0 Å². The van der Waals surface area contributed by atoms with Crippen LogP contribution in [0.1, 0.15) is 37.2 Å². The lowest BCUT2D eigenvalue weighted by Gasteiger charge is -2.28. The first-order valence-corrected chi connectivity index (χ1v) is 8.13. The molecular weight excluding hydrogens is 321 g/mol. The van der Waals surface area contributed by atoms with Gasteiger partial charge in [0.2, 0.25) is 0 Å². The van der Waals surface area contributed by atoms with Gasteiger partial charge < -0.3 is 0 Å². The summed E-state index contributed by atoms with van der Waals surface area (Å²) in [5.41, 5.74) is 3.38. The number of hydrogen-bond acceptors (Lipinski definition) is 3. The number of hydrogen-bond donors (Lipinski definition) is 0. The van der Waals surface area contributed by atoms with Crippen LogP contribution >= 0.6 is 23.2 Å². The Hall–Kier alpha value is -1.45. The molecule has 1 heterocycles. The molecule has 5 heteroatoms. The number of aliphatic imine (C=N–C) groups is 1. The van der Waals surface area contributed by atoms with Gasteiger partial charge in [-0.05, 0) is 30.5 Å². The van der Waals surface area contributed by atoms with E-state index >= 15 is 0 Å². The van der Waals surface area contributed by atoms with E-state index in [4.69, 9.17) is 23.2 Å². The molecule has 0 aromatic heterocycles.